The summed E-state index contributed by atoms with van der Waals surface area (Å²) in [6, 6.07) is 19.9. The molecule has 0 aliphatic carbocycles. The zero-order valence-corrected chi connectivity index (χ0v) is 20.1. The lowest BCUT2D eigenvalue weighted by Gasteiger charge is -2.07. The molecular weight excluding hydrogens is 472 g/mol. The van der Waals surface area contributed by atoms with E-state index < -0.39 is 5.97 Å². The number of halogens is 1. The van der Waals surface area contributed by atoms with Crippen LogP contribution in [0.1, 0.15) is 26.4 Å². The fourth-order valence-electron chi connectivity index (χ4n) is 3.08. The molecule has 0 bridgehead atoms. The lowest BCUT2D eigenvalue weighted by atomic mass is 10.1. The molecule has 172 valence electrons. The number of carbonyl (C=O) groups excluding carboxylic acids is 2. The van der Waals surface area contributed by atoms with Gasteiger partial charge < -0.3 is 9.47 Å². The normalized spacial score (nSPS) is 11.0. The predicted molar refractivity (Wildman–Crippen MR) is 135 cm³/mol. The summed E-state index contributed by atoms with van der Waals surface area (Å²) in [4.78, 5) is 24.9. The molecule has 8 heteroatoms. The van der Waals surface area contributed by atoms with Crippen molar-refractivity contribution in [2.75, 3.05) is 6.61 Å². The molecule has 0 saturated heterocycles. The average Bonchev–Trinajstić information content (AvgIpc) is 3.18. The Morgan fingerprint density at radius 1 is 1.00 bits per heavy atom. The summed E-state index contributed by atoms with van der Waals surface area (Å²) in [7, 11) is 0. The molecule has 34 heavy (non-hydrogen) atoms. The minimum atomic E-state index is -0.511. The number of nitrogens with zero attached hydrogens (tertiary/aromatic N) is 1. The van der Waals surface area contributed by atoms with Gasteiger partial charge in [0.1, 0.15) is 16.4 Å². The number of carbonyl (C=O) groups is 2. The molecule has 0 aliphatic rings. The van der Waals surface area contributed by atoms with Crippen molar-refractivity contribution in [1.82, 2.24) is 5.43 Å². The predicted octanol–water partition coefficient (Wildman–Crippen LogP) is 5.92. The Balaban J connectivity index is 1.29. The minimum Gasteiger partial charge on any atom is -0.484 e. The number of thiophene rings is 1. The van der Waals surface area contributed by atoms with Gasteiger partial charge in [-0.25, -0.2) is 10.2 Å². The number of hydrogen-bond donors (Lipinski definition) is 1. The summed E-state index contributed by atoms with van der Waals surface area (Å²) in [5.41, 5.74) is 5.39. The number of nitrogens with one attached hydrogen (secondary N) is 1. The first-order valence-electron chi connectivity index (χ1n) is 10.4. The van der Waals surface area contributed by atoms with Crippen LogP contribution in [0.15, 0.2) is 71.8 Å². The third-order valence-corrected chi connectivity index (χ3v) is 6.72. The van der Waals surface area contributed by atoms with Gasteiger partial charge in [-0.3, -0.25) is 4.79 Å². The molecule has 1 aromatic heterocycles. The molecule has 0 unspecified atom stereocenters. The Kier molecular flexibility index (Phi) is 7.25. The lowest BCUT2D eigenvalue weighted by molar-refractivity contribution is -0.123. The lowest BCUT2D eigenvalue weighted by Crippen LogP contribution is -2.24. The Morgan fingerprint density at radius 3 is 2.47 bits per heavy atom. The van der Waals surface area contributed by atoms with Crippen LogP contribution in [0.5, 0.6) is 11.5 Å². The van der Waals surface area contributed by atoms with Gasteiger partial charge in [-0.2, -0.15) is 5.10 Å². The zero-order chi connectivity index (χ0) is 24.1. The summed E-state index contributed by atoms with van der Waals surface area (Å²) in [5, 5.41) is 5.15. The molecule has 0 spiro atoms. The van der Waals surface area contributed by atoms with E-state index in [1.165, 1.54) is 17.6 Å². The number of hydrogen-bond acceptors (Lipinski definition) is 6. The highest BCUT2D eigenvalue weighted by atomic mass is 35.5. The molecule has 1 heterocycles. The molecule has 0 fully saturated rings. The van der Waals surface area contributed by atoms with Gasteiger partial charge >= 0.3 is 5.97 Å². The van der Waals surface area contributed by atoms with Gasteiger partial charge in [-0.1, -0.05) is 35.9 Å². The Bertz CT molecular complexity index is 1380. The maximum absolute atomic E-state index is 12.6. The standard InChI is InChI=1S/C26H21ClN2O4S/c1-16-7-10-20(13-17(16)2)32-15-23(30)29-28-14-18-8-11-19(12-9-18)33-26(31)25-24(27)21-5-3-4-6-22(21)34-25/h3-14H,15H2,1-2H3,(H,29,30). The second-order valence-corrected chi connectivity index (χ2v) is 8.96. The monoisotopic (exact) mass is 492 g/mol. The highest BCUT2D eigenvalue weighted by molar-refractivity contribution is 7.21. The number of hydrazone groups is 1. The van der Waals surface area contributed by atoms with Gasteiger partial charge in [-0.05, 0) is 73.0 Å². The smallest absolute Gasteiger partial charge is 0.355 e. The number of esters is 1. The molecule has 0 saturated carbocycles. The number of rotatable bonds is 7. The Morgan fingerprint density at radius 2 is 1.74 bits per heavy atom. The van der Waals surface area contributed by atoms with Gasteiger partial charge in [0.15, 0.2) is 6.61 Å². The molecule has 4 aromatic rings. The van der Waals surface area contributed by atoms with E-state index in [1.807, 2.05) is 56.3 Å². The number of benzene rings is 3. The highest BCUT2D eigenvalue weighted by Gasteiger charge is 2.18. The molecule has 0 aliphatic heterocycles. The highest BCUT2D eigenvalue weighted by Crippen LogP contribution is 2.35. The van der Waals surface area contributed by atoms with Crippen LogP contribution in [-0.4, -0.2) is 24.7 Å². The van der Waals surface area contributed by atoms with Crippen molar-refractivity contribution in [3.05, 3.63) is 93.3 Å². The first-order chi connectivity index (χ1) is 16.4. The summed E-state index contributed by atoms with van der Waals surface area (Å²) in [6.07, 6.45) is 1.49. The van der Waals surface area contributed by atoms with Gasteiger partial charge in [0.2, 0.25) is 0 Å². The van der Waals surface area contributed by atoms with Crippen LogP contribution in [0.4, 0.5) is 0 Å². The first kappa shape index (κ1) is 23.5. The van der Waals surface area contributed by atoms with E-state index in [-0.39, 0.29) is 12.5 Å². The molecular formula is C26H21ClN2O4S. The van der Waals surface area contributed by atoms with Crippen molar-refractivity contribution in [2.45, 2.75) is 13.8 Å². The van der Waals surface area contributed by atoms with Gasteiger partial charge in [0.25, 0.3) is 5.91 Å². The van der Waals surface area contributed by atoms with Crippen molar-refractivity contribution in [2.24, 2.45) is 5.10 Å². The molecule has 1 N–H and O–H groups in total. The second-order valence-electron chi connectivity index (χ2n) is 7.53. The Labute approximate surface area is 205 Å². The largest absolute Gasteiger partial charge is 0.484 e. The van der Waals surface area contributed by atoms with Crippen molar-refractivity contribution < 1.29 is 19.1 Å². The SMILES string of the molecule is Cc1ccc(OCC(=O)NN=Cc2ccc(OC(=O)c3sc4ccccc4c3Cl)cc2)cc1C. The molecule has 1 amide bonds. The van der Waals surface area contributed by atoms with E-state index >= 15 is 0 Å². The van der Waals surface area contributed by atoms with E-state index in [9.17, 15) is 9.59 Å². The van der Waals surface area contributed by atoms with Crippen molar-refractivity contribution in [1.29, 1.82) is 0 Å². The number of amides is 1. The van der Waals surface area contributed by atoms with Gasteiger partial charge in [-0.15, -0.1) is 11.3 Å². The Hall–Kier alpha value is -3.68. The van der Waals surface area contributed by atoms with E-state index in [0.717, 1.165) is 26.8 Å². The number of fused-ring (bicyclic) bond motifs is 1. The van der Waals surface area contributed by atoms with E-state index in [2.05, 4.69) is 10.5 Å². The van der Waals surface area contributed by atoms with Crippen LogP contribution in [-0.2, 0) is 4.79 Å². The van der Waals surface area contributed by atoms with Crippen LogP contribution in [0.3, 0.4) is 0 Å². The molecule has 0 radical (unpaired) electrons. The van der Waals surface area contributed by atoms with E-state index in [0.29, 0.717) is 21.4 Å². The topological polar surface area (TPSA) is 77.0 Å². The third-order valence-electron chi connectivity index (χ3n) is 5.06. The first-order valence-corrected chi connectivity index (χ1v) is 11.6. The fourth-order valence-corrected chi connectivity index (χ4v) is 4.47. The molecule has 3 aromatic carbocycles. The van der Waals surface area contributed by atoms with Crippen LogP contribution in [0.25, 0.3) is 10.1 Å². The number of ether oxygens (including phenoxy) is 2. The van der Waals surface area contributed by atoms with Crippen LogP contribution in [0.2, 0.25) is 5.02 Å². The van der Waals surface area contributed by atoms with E-state index in [1.54, 1.807) is 24.3 Å². The minimum absolute atomic E-state index is 0.144. The second kappa shape index (κ2) is 10.5. The summed E-state index contributed by atoms with van der Waals surface area (Å²) in [5.74, 6) is 0.120. The van der Waals surface area contributed by atoms with Crippen LogP contribution >= 0.6 is 22.9 Å². The molecule has 6 nitrogen and oxygen atoms in total. The summed E-state index contributed by atoms with van der Waals surface area (Å²) < 4.78 is 11.9. The van der Waals surface area contributed by atoms with Crippen LogP contribution < -0.4 is 14.9 Å². The quantitative estimate of drug-likeness (QED) is 0.150. The number of aryl methyl sites for hydroxylation is 2. The van der Waals surface area contributed by atoms with Crippen molar-refractivity contribution in [3.8, 4) is 11.5 Å². The maximum Gasteiger partial charge on any atom is 0.355 e. The summed E-state index contributed by atoms with van der Waals surface area (Å²) in [6.45, 7) is 3.85. The third kappa shape index (κ3) is 5.62. The maximum atomic E-state index is 12.6. The van der Waals surface area contributed by atoms with Crippen molar-refractivity contribution in [3.63, 3.8) is 0 Å². The van der Waals surface area contributed by atoms with Crippen LogP contribution in [0, 0.1) is 13.8 Å². The van der Waals surface area contributed by atoms with E-state index in [4.69, 9.17) is 21.1 Å². The van der Waals surface area contributed by atoms with Gasteiger partial charge in [0, 0.05) is 10.1 Å². The fraction of sp³-hybridized carbons (Fsp3) is 0.115. The van der Waals surface area contributed by atoms with Gasteiger partial charge in [0.05, 0.1) is 11.2 Å². The molecule has 0 atom stereocenters. The molecule has 4 rings (SSSR count). The average molecular weight is 493 g/mol. The zero-order valence-electron chi connectivity index (χ0n) is 18.5. The summed E-state index contributed by atoms with van der Waals surface area (Å²) >= 11 is 7.64. The van der Waals surface area contributed by atoms with Crippen molar-refractivity contribution >= 4 is 51.1 Å².